The third-order valence-corrected chi connectivity index (χ3v) is 5.85. The minimum Gasteiger partial charge on any atom is -0.342 e. The molecule has 0 bridgehead atoms. The molecule has 3 heterocycles. The highest BCUT2D eigenvalue weighted by molar-refractivity contribution is 5.85. The lowest BCUT2D eigenvalue weighted by Crippen LogP contribution is -2.45. The van der Waals surface area contributed by atoms with Crippen LogP contribution in [0.3, 0.4) is 0 Å². The highest BCUT2D eigenvalue weighted by atomic mass is 35.5. The number of amides is 1. The largest absolute Gasteiger partial charge is 0.451 e. The molecule has 2 N–H and O–H groups in total. The summed E-state index contributed by atoms with van der Waals surface area (Å²) in [4.78, 5) is 14.2. The van der Waals surface area contributed by atoms with E-state index in [1.54, 1.807) is 0 Å². The number of nitrogens with zero attached hydrogens (tertiary/aromatic N) is 4. The number of hydrogen-bond donors (Lipinski definition) is 1. The van der Waals surface area contributed by atoms with E-state index in [1.807, 2.05) is 0 Å². The van der Waals surface area contributed by atoms with E-state index in [-0.39, 0.29) is 68.0 Å². The van der Waals surface area contributed by atoms with Crippen LogP contribution in [0.1, 0.15) is 36.1 Å². The number of carbonyl (C=O) groups excluding carboxylic acids is 1. The van der Waals surface area contributed by atoms with E-state index in [0.29, 0.717) is 18.6 Å². The zero-order valence-electron chi connectivity index (χ0n) is 16.6. The minimum absolute atomic E-state index is 0. The van der Waals surface area contributed by atoms with Crippen LogP contribution in [0.5, 0.6) is 0 Å². The lowest BCUT2D eigenvalue weighted by Gasteiger charge is -2.36. The first kappa shape index (κ1) is 24.3. The summed E-state index contributed by atoms with van der Waals surface area (Å²) in [5.74, 6) is -4.78. The molecule has 176 valence electrons. The van der Waals surface area contributed by atoms with Crippen molar-refractivity contribution >= 4 is 18.3 Å². The molecule has 1 aromatic heterocycles. The Morgan fingerprint density at radius 1 is 1.16 bits per heavy atom. The van der Waals surface area contributed by atoms with Crippen molar-refractivity contribution in [2.75, 3.05) is 13.1 Å². The summed E-state index contributed by atoms with van der Waals surface area (Å²) in [6.45, 7) is 0.484. The number of benzene rings is 1. The summed E-state index contributed by atoms with van der Waals surface area (Å²) in [6, 6.07) is -0.121. The zero-order chi connectivity index (χ0) is 22.5. The van der Waals surface area contributed by atoms with Crippen molar-refractivity contribution < 1.29 is 31.1 Å². The van der Waals surface area contributed by atoms with Crippen molar-refractivity contribution in [1.82, 2.24) is 19.7 Å². The summed E-state index contributed by atoms with van der Waals surface area (Å²) in [5.41, 5.74) is 5.79. The molecule has 0 unspecified atom stereocenters. The Balaban J connectivity index is 0.00000289. The third kappa shape index (κ3) is 4.56. The molecule has 3 atom stereocenters. The van der Waals surface area contributed by atoms with Gasteiger partial charge in [0.25, 0.3) is 0 Å². The maximum atomic E-state index is 13.8. The Morgan fingerprint density at radius 3 is 2.53 bits per heavy atom. The summed E-state index contributed by atoms with van der Waals surface area (Å²) in [5, 5.41) is 6.91. The van der Waals surface area contributed by atoms with Gasteiger partial charge in [-0.25, -0.2) is 13.2 Å². The Hall–Kier alpha value is -2.34. The average Bonchev–Trinajstić information content (AvgIpc) is 3.24. The summed E-state index contributed by atoms with van der Waals surface area (Å²) >= 11 is 0. The number of fused-ring (bicyclic) bond motifs is 3. The van der Waals surface area contributed by atoms with Gasteiger partial charge in [0.1, 0.15) is 11.6 Å². The van der Waals surface area contributed by atoms with Crippen LogP contribution in [0.15, 0.2) is 12.1 Å². The number of alkyl halides is 3. The van der Waals surface area contributed by atoms with Crippen LogP contribution in [0, 0.1) is 23.4 Å². The van der Waals surface area contributed by atoms with Crippen LogP contribution in [-0.4, -0.2) is 44.7 Å². The standard InChI is InChI=1S/C19H19F6N5O.ClH/c20-12-7-14(22)13(21)4-9(12)3-11(26)6-17(31)29-2-1-15-10(8-29)5-16-27-28-18(30(15)16)19(23,24)25;/h4,7,10-11,15H,1-3,5-6,8,26H2;1H/t10-,11+,15+;/m0./s1. The number of likely N-dealkylation sites (tertiary alicyclic amines) is 1. The SMILES string of the molecule is Cl.N[C@@H](CC(=O)N1CC[C@@H]2[C@@H](Cc3nnc(C(F)(F)F)n32)C1)Cc1cc(F)c(F)cc1F. The van der Waals surface area contributed by atoms with Crippen LogP contribution in [0.4, 0.5) is 26.3 Å². The predicted octanol–water partition coefficient (Wildman–Crippen LogP) is 3.04. The normalized spacial score (nSPS) is 21.0. The van der Waals surface area contributed by atoms with Crippen molar-refractivity contribution in [3.05, 3.63) is 46.8 Å². The fourth-order valence-corrected chi connectivity index (χ4v) is 4.45. The number of aromatic nitrogens is 3. The molecule has 0 spiro atoms. The van der Waals surface area contributed by atoms with Crippen molar-refractivity contribution in [2.24, 2.45) is 11.7 Å². The van der Waals surface area contributed by atoms with E-state index in [4.69, 9.17) is 5.73 Å². The third-order valence-electron chi connectivity index (χ3n) is 5.85. The van der Waals surface area contributed by atoms with Gasteiger partial charge in [0, 0.05) is 50.0 Å². The number of piperidine rings is 1. The molecule has 4 rings (SSSR count). The number of hydrogen-bond acceptors (Lipinski definition) is 4. The Kier molecular flexibility index (Phi) is 6.75. The van der Waals surface area contributed by atoms with Crippen molar-refractivity contribution in [3.63, 3.8) is 0 Å². The fraction of sp³-hybridized carbons (Fsp3) is 0.526. The summed E-state index contributed by atoms with van der Waals surface area (Å²) < 4.78 is 80.8. The molecule has 1 saturated heterocycles. The maximum Gasteiger partial charge on any atom is 0.451 e. The van der Waals surface area contributed by atoms with Gasteiger partial charge in [0.15, 0.2) is 11.6 Å². The van der Waals surface area contributed by atoms with E-state index in [2.05, 4.69) is 10.2 Å². The first-order valence-electron chi connectivity index (χ1n) is 9.72. The maximum absolute atomic E-state index is 13.8. The smallest absolute Gasteiger partial charge is 0.342 e. The molecule has 2 aromatic rings. The topological polar surface area (TPSA) is 77.0 Å². The van der Waals surface area contributed by atoms with Crippen LogP contribution in [-0.2, 0) is 23.8 Å². The van der Waals surface area contributed by atoms with Gasteiger partial charge in [-0.2, -0.15) is 13.2 Å². The van der Waals surface area contributed by atoms with Crippen LogP contribution < -0.4 is 5.73 Å². The molecule has 1 aromatic carbocycles. The minimum atomic E-state index is -4.60. The van der Waals surface area contributed by atoms with Gasteiger partial charge in [0.2, 0.25) is 11.7 Å². The van der Waals surface area contributed by atoms with Gasteiger partial charge in [-0.05, 0) is 24.5 Å². The van der Waals surface area contributed by atoms with Gasteiger partial charge in [-0.3, -0.25) is 4.79 Å². The number of rotatable bonds is 4. The summed E-state index contributed by atoms with van der Waals surface area (Å²) in [7, 11) is 0. The highest BCUT2D eigenvalue weighted by Gasteiger charge is 2.47. The Morgan fingerprint density at radius 2 is 1.84 bits per heavy atom. The second-order valence-corrected chi connectivity index (χ2v) is 7.99. The molecule has 13 heteroatoms. The molecule has 0 radical (unpaired) electrons. The molecular weight excluding hydrogens is 464 g/mol. The van der Waals surface area contributed by atoms with E-state index in [9.17, 15) is 31.1 Å². The number of nitrogens with two attached hydrogens (primary N) is 1. The van der Waals surface area contributed by atoms with Gasteiger partial charge in [-0.15, -0.1) is 22.6 Å². The lowest BCUT2D eigenvalue weighted by molar-refractivity contribution is -0.149. The predicted molar refractivity (Wildman–Crippen MR) is 102 cm³/mol. The number of carbonyl (C=O) groups is 1. The summed E-state index contributed by atoms with van der Waals surface area (Å²) in [6.07, 6.45) is -4.32. The molecule has 2 aliphatic heterocycles. The van der Waals surface area contributed by atoms with Crippen molar-refractivity contribution in [3.8, 4) is 0 Å². The van der Waals surface area contributed by atoms with Gasteiger partial charge >= 0.3 is 6.18 Å². The molecule has 1 fully saturated rings. The highest BCUT2D eigenvalue weighted by Crippen LogP contribution is 2.41. The molecule has 2 aliphatic rings. The Labute approximate surface area is 185 Å². The van der Waals surface area contributed by atoms with E-state index >= 15 is 0 Å². The molecule has 0 aliphatic carbocycles. The number of halogens is 7. The molecule has 32 heavy (non-hydrogen) atoms. The molecule has 1 amide bonds. The monoisotopic (exact) mass is 483 g/mol. The van der Waals surface area contributed by atoms with Gasteiger partial charge < -0.3 is 15.2 Å². The molecule has 6 nitrogen and oxygen atoms in total. The van der Waals surface area contributed by atoms with E-state index in [1.165, 1.54) is 4.90 Å². The quantitative estimate of drug-likeness (QED) is 0.536. The first-order chi connectivity index (χ1) is 14.5. The Bertz CT molecular complexity index is 1010. The fourth-order valence-electron chi connectivity index (χ4n) is 4.45. The van der Waals surface area contributed by atoms with Crippen molar-refractivity contribution in [2.45, 2.75) is 43.9 Å². The second kappa shape index (κ2) is 8.89. The van der Waals surface area contributed by atoms with Crippen molar-refractivity contribution in [1.29, 1.82) is 0 Å². The van der Waals surface area contributed by atoms with Gasteiger partial charge in [-0.1, -0.05) is 0 Å². The lowest BCUT2D eigenvalue weighted by atomic mass is 9.91. The van der Waals surface area contributed by atoms with Crippen LogP contribution >= 0.6 is 12.4 Å². The molecular formula is C19H20ClF6N5O. The first-order valence-corrected chi connectivity index (χ1v) is 9.72. The zero-order valence-corrected chi connectivity index (χ0v) is 17.4. The van der Waals surface area contributed by atoms with Crippen LogP contribution in [0.25, 0.3) is 0 Å². The van der Waals surface area contributed by atoms with Gasteiger partial charge in [0.05, 0.1) is 0 Å². The van der Waals surface area contributed by atoms with Crippen LogP contribution in [0.2, 0.25) is 0 Å². The van der Waals surface area contributed by atoms with E-state index in [0.717, 1.165) is 4.57 Å². The van der Waals surface area contributed by atoms with E-state index < -0.39 is 41.5 Å². The second-order valence-electron chi connectivity index (χ2n) is 7.99. The average molecular weight is 484 g/mol. The molecule has 0 saturated carbocycles.